The second-order valence-electron chi connectivity index (χ2n) is 7.57. The zero-order chi connectivity index (χ0) is 20.7. The maximum absolute atomic E-state index is 12.9. The number of amides is 2. The summed E-state index contributed by atoms with van der Waals surface area (Å²) in [6.07, 6.45) is 0.657. The van der Waals surface area contributed by atoms with Gasteiger partial charge in [-0.15, -0.1) is 0 Å². The van der Waals surface area contributed by atoms with Gasteiger partial charge in [0.05, 0.1) is 0 Å². The van der Waals surface area contributed by atoms with Crippen molar-refractivity contribution in [3.8, 4) is 0 Å². The standard InChI is InChI=1S/C25H21N3O2/c26-19-10-8-16-9-11-20(15-18(16)14-19)27-12-3-13-28-24(29)21-6-1-4-17-5-2-7-22(23(17)21)25(28)30/h1-2,4-11,14-15,27H,3,12-13,26H2. The first-order valence-electron chi connectivity index (χ1n) is 10.0. The minimum atomic E-state index is -0.217. The van der Waals surface area contributed by atoms with Crippen molar-refractivity contribution in [1.82, 2.24) is 4.90 Å². The van der Waals surface area contributed by atoms with Gasteiger partial charge in [0.25, 0.3) is 11.8 Å². The Morgan fingerprint density at radius 1 is 0.767 bits per heavy atom. The van der Waals surface area contributed by atoms with Crippen molar-refractivity contribution in [2.75, 3.05) is 24.1 Å². The van der Waals surface area contributed by atoms with Crippen LogP contribution < -0.4 is 11.1 Å². The summed E-state index contributed by atoms with van der Waals surface area (Å²) in [5.41, 5.74) is 8.79. The molecule has 148 valence electrons. The number of anilines is 2. The summed E-state index contributed by atoms with van der Waals surface area (Å²) in [7, 11) is 0. The molecule has 4 aromatic carbocycles. The molecule has 0 aromatic heterocycles. The van der Waals surface area contributed by atoms with E-state index in [0.29, 0.717) is 30.6 Å². The van der Waals surface area contributed by atoms with E-state index < -0.39 is 0 Å². The average Bonchev–Trinajstić information content (AvgIpc) is 2.76. The van der Waals surface area contributed by atoms with E-state index in [1.54, 1.807) is 12.1 Å². The first kappa shape index (κ1) is 18.2. The fourth-order valence-corrected chi connectivity index (χ4v) is 4.13. The summed E-state index contributed by atoms with van der Waals surface area (Å²) >= 11 is 0. The summed E-state index contributed by atoms with van der Waals surface area (Å²) in [6.45, 7) is 1.02. The summed E-state index contributed by atoms with van der Waals surface area (Å²) in [4.78, 5) is 27.2. The molecule has 5 nitrogen and oxygen atoms in total. The quantitative estimate of drug-likeness (QED) is 0.292. The first-order chi connectivity index (χ1) is 14.6. The Labute approximate surface area is 174 Å². The van der Waals surface area contributed by atoms with Crippen LogP contribution >= 0.6 is 0 Å². The van der Waals surface area contributed by atoms with Crippen molar-refractivity contribution in [2.24, 2.45) is 0 Å². The van der Waals surface area contributed by atoms with Crippen LogP contribution in [0.1, 0.15) is 27.1 Å². The number of nitrogens with two attached hydrogens (primary N) is 1. The number of nitrogen functional groups attached to an aromatic ring is 1. The lowest BCUT2D eigenvalue weighted by molar-refractivity contribution is 0.0610. The van der Waals surface area contributed by atoms with E-state index in [1.165, 1.54) is 4.90 Å². The number of hydrogen-bond acceptors (Lipinski definition) is 4. The van der Waals surface area contributed by atoms with Crippen molar-refractivity contribution < 1.29 is 9.59 Å². The van der Waals surface area contributed by atoms with Gasteiger partial charge in [0.2, 0.25) is 0 Å². The number of rotatable bonds is 5. The number of benzene rings is 4. The van der Waals surface area contributed by atoms with Crippen LogP contribution in [-0.2, 0) is 0 Å². The second-order valence-corrected chi connectivity index (χ2v) is 7.57. The van der Waals surface area contributed by atoms with E-state index in [0.717, 1.165) is 32.9 Å². The molecular weight excluding hydrogens is 374 g/mol. The topological polar surface area (TPSA) is 75.4 Å². The van der Waals surface area contributed by atoms with Gasteiger partial charge in [-0.3, -0.25) is 14.5 Å². The third-order valence-electron chi connectivity index (χ3n) is 5.61. The van der Waals surface area contributed by atoms with Crippen molar-refractivity contribution in [3.63, 3.8) is 0 Å². The lowest BCUT2D eigenvalue weighted by atomic mass is 9.94. The number of fused-ring (bicyclic) bond motifs is 1. The lowest BCUT2D eigenvalue weighted by Gasteiger charge is -2.27. The Kier molecular flexibility index (Phi) is 4.36. The fraction of sp³-hybridized carbons (Fsp3) is 0.120. The van der Waals surface area contributed by atoms with Crippen molar-refractivity contribution >= 4 is 44.7 Å². The van der Waals surface area contributed by atoms with E-state index >= 15 is 0 Å². The van der Waals surface area contributed by atoms with Crippen LogP contribution in [0.15, 0.2) is 72.8 Å². The molecule has 0 radical (unpaired) electrons. The van der Waals surface area contributed by atoms with E-state index in [-0.39, 0.29) is 11.8 Å². The zero-order valence-electron chi connectivity index (χ0n) is 16.4. The number of imide groups is 1. The monoisotopic (exact) mass is 395 g/mol. The molecule has 0 aliphatic carbocycles. The van der Waals surface area contributed by atoms with Crippen molar-refractivity contribution in [2.45, 2.75) is 6.42 Å². The molecule has 0 saturated carbocycles. The van der Waals surface area contributed by atoms with Crippen LogP contribution in [0.5, 0.6) is 0 Å². The highest BCUT2D eigenvalue weighted by atomic mass is 16.2. The van der Waals surface area contributed by atoms with Gasteiger partial charge >= 0.3 is 0 Å². The first-order valence-corrected chi connectivity index (χ1v) is 10.0. The number of nitrogens with one attached hydrogen (secondary N) is 1. The van der Waals surface area contributed by atoms with Gasteiger partial charge in [0.1, 0.15) is 0 Å². The molecule has 5 heteroatoms. The summed E-state index contributed by atoms with van der Waals surface area (Å²) in [5, 5.41) is 7.27. The molecule has 30 heavy (non-hydrogen) atoms. The highest BCUT2D eigenvalue weighted by Gasteiger charge is 2.31. The molecule has 1 heterocycles. The van der Waals surface area contributed by atoms with Gasteiger partial charge in [-0.1, -0.05) is 36.4 Å². The van der Waals surface area contributed by atoms with Gasteiger partial charge in [-0.05, 0) is 59.0 Å². The van der Waals surface area contributed by atoms with E-state index in [4.69, 9.17) is 5.73 Å². The van der Waals surface area contributed by atoms with Gasteiger partial charge in [-0.2, -0.15) is 0 Å². The Morgan fingerprint density at radius 3 is 2.20 bits per heavy atom. The van der Waals surface area contributed by atoms with Gasteiger partial charge in [0, 0.05) is 41.0 Å². The smallest absolute Gasteiger partial charge is 0.261 e. The third kappa shape index (κ3) is 3.05. The minimum absolute atomic E-state index is 0.217. The molecule has 1 aliphatic rings. The molecule has 0 atom stereocenters. The van der Waals surface area contributed by atoms with Crippen LogP contribution in [0.4, 0.5) is 11.4 Å². The number of nitrogens with zero attached hydrogens (tertiary/aromatic N) is 1. The molecule has 0 spiro atoms. The molecule has 0 bridgehead atoms. The molecule has 0 fully saturated rings. The second kappa shape index (κ2) is 7.19. The largest absolute Gasteiger partial charge is 0.399 e. The van der Waals surface area contributed by atoms with E-state index in [1.807, 2.05) is 54.6 Å². The molecule has 4 aromatic rings. The lowest BCUT2D eigenvalue weighted by Crippen LogP contribution is -2.41. The van der Waals surface area contributed by atoms with Crippen molar-refractivity contribution in [3.05, 3.63) is 83.9 Å². The molecule has 5 rings (SSSR count). The normalized spacial score (nSPS) is 13.3. The molecular formula is C25H21N3O2. The van der Waals surface area contributed by atoms with Gasteiger partial charge in [-0.25, -0.2) is 0 Å². The van der Waals surface area contributed by atoms with Crippen LogP contribution in [0, 0.1) is 0 Å². The van der Waals surface area contributed by atoms with Crippen LogP contribution in [0.25, 0.3) is 21.5 Å². The third-order valence-corrected chi connectivity index (χ3v) is 5.61. The number of carbonyl (C=O) groups is 2. The number of carbonyl (C=O) groups excluding carboxylic acids is 2. The number of hydrogen-bond donors (Lipinski definition) is 2. The van der Waals surface area contributed by atoms with Crippen LogP contribution in [0.2, 0.25) is 0 Å². The molecule has 2 amide bonds. The Balaban J connectivity index is 1.28. The van der Waals surface area contributed by atoms with E-state index in [9.17, 15) is 9.59 Å². The molecule has 1 aliphatic heterocycles. The Hall–Kier alpha value is -3.86. The molecule has 3 N–H and O–H groups in total. The average molecular weight is 395 g/mol. The Bertz CT molecular complexity index is 1260. The fourth-order valence-electron chi connectivity index (χ4n) is 4.13. The summed E-state index contributed by atoms with van der Waals surface area (Å²) in [5.74, 6) is -0.434. The predicted molar refractivity (Wildman–Crippen MR) is 121 cm³/mol. The van der Waals surface area contributed by atoms with Gasteiger partial charge < -0.3 is 11.1 Å². The van der Waals surface area contributed by atoms with Gasteiger partial charge in [0.15, 0.2) is 0 Å². The molecule has 0 saturated heterocycles. The summed E-state index contributed by atoms with van der Waals surface area (Å²) in [6, 6.07) is 23.1. The summed E-state index contributed by atoms with van der Waals surface area (Å²) < 4.78 is 0. The van der Waals surface area contributed by atoms with Crippen LogP contribution in [0.3, 0.4) is 0 Å². The Morgan fingerprint density at radius 2 is 1.47 bits per heavy atom. The highest BCUT2D eigenvalue weighted by molar-refractivity contribution is 6.25. The minimum Gasteiger partial charge on any atom is -0.399 e. The van der Waals surface area contributed by atoms with Crippen LogP contribution in [-0.4, -0.2) is 29.8 Å². The van der Waals surface area contributed by atoms with Crippen molar-refractivity contribution in [1.29, 1.82) is 0 Å². The predicted octanol–water partition coefficient (Wildman–Crippen LogP) is 4.67. The highest BCUT2D eigenvalue weighted by Crippen LogP contribution is 2.30. The maximum Gasteiger partial charge on any atom is 0.261 e. The maximum atomic E-state index is 12.9. The van der Waals surface area contributed by atoms with E-state index in [2.05, 4.69) is 11.4 Å². The SMILES string of the molecule is Nc1ccc2ccc(NCCCN3C(=O)c4cccc5cccc(c45)C3=O)cc2c1. The molecule has 0 unspecified atom stereocenters. The zero-order valence-corrected chi connectivity index (χ0v) is 16.4.